The summed E-state index contributed by atoms with van der Waals surface area (Å²) in [5, 5.41) is 2.35. The number of esters is 1. The fraction of sp³-hybridized carbons (Fsp3) is 0.667. The van der Waals surface area contributed by atoms with Crippen molar-refractivity contribution in [2.45, 2.75) is 19.4 Å². The number of methoxy groups -OCH3 is 1. The molecule has 0 aliphatic carbocycles. The molecule has 0 aromatic rings. The molecule has 0 unspecified atom stereocenters. The topological polar surface area (TPSA) is 81.4 Å². The van der Waals surface area contributed by atoms with Gasteiger partial charge in [-0.1, -0.05) is 0 Å². The molecule has 0 fully saturated rings. The molecule has 0 aromatic heterocycles. The molecule has 0 saturated heterocycles. The van der Waals surface area contributed by atoms with E-state index in [1.807, 2.05) is 0 Å². The molecule has 11 heavy (non-hydrogen) atoms. The van der Waals surface area contributed by atoms with E-state index in [1.54, 1.807) is 6.92 Å². The number of nitrogens with two attached hydrogens (primary N) is 1. The maximum absolute atomic E-state index is 10.6. The van der Waals surface area contributed by atoms with E-state index in [1.165, 1.54) is 7.11 Å². The summed E-state index contributed by atoms with van der Waals surface area (Å²) in [7, 11) is 1.29. The van der Waals surface area contributed by atoms with E-state index >= 15 is 0 Å². The molecule has 1 atom stereocenters. The molecule has 0 rings (SSSR count). The first-order chi connectivity index (χ1) is 5.06. The van der Waals surface area contributed by atoms with Gasteiger partial charge in [0.1, 0.15) is 0 Å². The highest BCUT2D eigenvalue weighted by atomic mass is 16.5. The van der Waals surface area contributed by atoms with E-state index in [2.05, 4.69) is 10.1 Å². The van der Waals surface area contributed by atoms with Crippen LogP contribution in [-0.4, -0.2) is 25.2 Å². The Balaban J connectivity index is 3.60. The quantitative estimate of drug-likeness (QED) is 0.551. The van der Waals surface area contributed by atoms with E-state index in [0.717, 1.165) is 0 Å². The largest absolute Gasteiger partial charge is 0.469 e. The molecule has 0 bridgehead atoms. The number of carbonyl (C=O) groups excluding carboxylic acids is 2. The molecule has 0 spiro atoms. The second kappa shape index (κ2) is 4.54. The third-order valence-electron chi connectivity index (χ3n) is 1.09. The minimum Gasteiger partial charge on any atom is -0.469 e. The van der Waals surface area contributed by atoms with Crippen molar-refractivity contribution in [3.05, 3.63) is 0 Å². The van der Waals surface area contributed by atoms with Gasteiger partial charge in [0.2, 0.25) is 0 Å². The average Bonchev–Trinajstić information content (AvgIpc) is 1.85. The van der Waals surface area contributed by atoms with Crippen molar-refractivity contribution in [2.75, 3.05) is 7.11 Å². The molecule has 0 radical (unpaired) electrons. The number of carbonyl (C=O) groups is 2. The van der Waals surface area contributed by atoms with Crippen molar-refractivity contribution in [3.8, 4) is 0 Å². The Kier molecular flexibility index (Phi) is 4.02. The number of nitrogens with one attached hydrogen (secondary N) is 1. The van der Waals surface area contributed by atoms with Gasteiger partial charge in [-0.3, -0.25) is 4.79 Å². The molecule has 0 heterocycles. The summed E-state index contributed by atoms with van der Waals surface area (Å²) in [4.78, 5) is 20.8. The van der Waals surface area contributed by atoms with Crippen LogP contribution in [0, 0.1) is 0 Å². The van der Waals surface area contributed by atoms with Crippen LogP contribution in [0.5, 0.6) is 0 Å². The Morgan fingerprint density at radius 3 is 2.55 bits per heavy atom. The van der Waals surface area contributed by atoms with Crippen molar-refractivity contribution in [3.63, 3.8) is 0 Å². The van der Waals surface area contributed by atoms with Crippen LogP contribution in [-0.2, 0) is 9.53 Å². The van der Waals surface area contributed by atoms with Crippen LogP contribution < -0.4 is 11.1 Å². The molecule has 0 saturated carbocycles. The maximum Gasteiger partial charge on any atom is 0.312 e. The van der Waals surface area contributed by atoms with Gasteiger partial charge in [0.25, 0.3) is 0 Å². The number of primary amides is 1. The van der Waals surface area contributed by atoms with Crippen LogP contribution in [0.15, 0.2) is 0 Å². The summed E-state index contributed by atoms with van der Waals surface area (Å²) in [6, 6.07) is -0.915. The lowest BCUT2D eigenvalue weighted by atomic mass is 10.2. The number of urea groups is 1. The Bertz CT molecular complexity index is 158. The van der Waals surface area contributed by atoms with Gasteiger partial charge in [-0.25, -0.2) is 4.79 Å². The van der Waals surface area contributed by atoms with Gasteiger partial charge in [-0.15, -0.1) is 0 Å². The molecule has 0 aromatic carbocycles. The van der Waals surface area contributed by atoms with Crippen molar-refractivity contribution in [2.24, 2.45) is 5.73 Å². The van der Waals surface area contributed by atoms with E-state index < -0.39 is 6.03 Å². The highest BCUT2D eigenvalue weighted by Crippen LogP contribution is 1.91. The zero-order chi connectivity index (χ0) is 8.85. The van der Waals surface area contributed by atoms with Crippen LogP contribution in [0.3, 0.4) is 0 Å². The second-order valence-electron chi connectivity index (χ2n) is 2.19. The zero-order valence-corrected chi connectivity index (χ0v) is 6.59. The maximum atomic E-state index is 10.6. The monoisotopic (exact) mass is 160 g/mol. The van der Waals surface area contributed by atoms with Gasteiger partial charge < -0.3 is 15.8 Å². The van der Waals surface area contributed by atoms with Crippen LogP contribution in [0.25, 0.3) is 0 Å². The van der Waals surface area contributed by atoms with Crippen molar-refractivity contribution < 1.29 is 14.3 Å². The first kappa shape index (κ1) is 9.74. The van der Waals surface area contributed by atoms with E-state index in [0.29, 0.717) is 0 Å². The third kappa shape index (κ3) is 5.20. The van der Waals surface area contributed by atoms with Crippen LogP contribution in [0.2, 0.25) is 0 Å². The van der Waals surface area contributed by atoms with Crippen molar-refractivity contribution in [1.82, 2.24) is 5.32 Å². The van der Waals surface area contributed by atoms with Gasteiger partial charge in [0, 0.05) is 6.04 Å². The lowest BCUT2D eigenvalue weighted by Crippen LogP contribution is -2.38. The van der Waals surface area contributed by atoms with Gasteiger partial charge in [0.05, 0.1) is 13.5 Å². The van der Waals surface area contributed by atoms with Gasteiger partial charge in [-0.2, -0.15) is 0 Å². The lowest BCUT2D eigenvalue weighted by molar-refractivity contribution is -0.141. The number of hydrogen-bond donors (Lipinski definition) is 2. The van der Waals surface area contributed by atoms with E-state index in [-0.39, 0.29) is 18.4 Å². The van der Waals surface area contributed by atoms with Crippen molar-refractivity contribution >= 4 is 12.0 Å². The highest BCUT2D eigenvalue weighted by Gasteiger charge is 2.09. The van der Waals surface area contributed by atoms with Crippen LogP contribution in [0.4, 0.5) is 4.79 Å². The number of amides is 2. The SMILES string of the molecule is COC(=O)C[C@H](C)NC(N)=O. The summed E-state index contributed by atoms with van der Waals surface area (Å²) in [5.74, 6) is -0.369. The van der Waals surface area contributed by atoms with Gasteiger partial charge in [-0.05, 0) is 6.92 Å². The van der Waals surface area contributed by atoms with E-state index in [9.17, 15) is 9.59 Å². The predicted octanol–water partition coefficient (Wildman–Crippen LogP) is -0.394. The first-order valence-electron chi connectivity index (χ1n) is 3.19. The Labute approximate surface area is 64.9 Å². The number of rotatable bonds is 3. The zero-order valence-electron chi connectivity index (χ0n) is 6.59. The summed E-state index contributed by atoms with van der Waals surface area (Å²) < 4.78 is 4.37. The van der Waals surface area contributed by atoms with Crippen LogP contribution >= 0.6 is 0 Å². The normalized spacial score (nSPS) is 11.8. The summed E-state index contributed by atoms with van der Waals surface area (Å²) in [6.07, 6.45) is 0.138. The standard InChI is InChI=1S/C6H12N2O3/c1-4(8-6(7)10)3-5(9)11-2/h4H,3H2,1-2H3,(H3,7,8,10)/t4-/m0/s1. The third-order valence-corrected chi connectivity index (χ3v) is 1.09. The molecular weight excluding hydrogens is 148 g/mol. The number of ether oxygens (including phenoxy) is 1. The molecular formula is C6H12N2O3. The van der Waals surface area contributed by atoms with Crippen molar-refractivity contribution in [1.29, 1.82) is 0 Å². The molecule has 3 N–H and O–H groups in total. The Hall–Kier alpha value is -1.26. The average molecular weight is 160 g/mol. The summed E-state index contributed by atoms with van der Waals surface area (Å²) in [5.41, 5.74) is 4.81. The molecule has 64 valence electrons. The minimum absolute atomic E-state index is 0.138. The first-order valence-corrected chi connectivity index (χ1v) is 3.19. The fourth-order valence-electron chi connectivity index (χ4n) is 0.627. The second-order valence-corrected chi connectivity index (χ2v) is 2.19. The Morgan fingerprint density at radius 1 is 1.64 bits per heavy atom. The predicted molar refractivity (Wildman–Crippen MR) is 38.8 cm³/mol. The molecule has 5 nitrogen and oxygen atoms in total. The molecule has 0 aliphatic rings. The number of hydrogen-bond acceptors (Lipinski definition) is 3. The fourth-order valence-corrected chi connectivity index (χ4v) is 0.627. The summed E-state index contributed by atoms with van der Waals surface area (Å²) >= 11 is 0. The highest BCUT2D eigenvalue weighted by molar-refractivity contribution is 5.74. The molecule has 2 amide bonds. The Morgan fingerprint density at radius 2 is 2.18 bits per heavy atom. The van der Waals surface area contributed by atoms with Gasteiger partial charge in [0.15, 0.2) is 0 Å². The molecule has 0 aliphatic heterocycles. The summed E-state index contributed by atoms with van der Waals surface area (Å²) in [6.45, 7) is 1.67. The van der Waals surface area contributed by atoms with Gasteiger partial charge >= 0.3 is 12.0 Å². The lowest BCUT2D eigenvalue weighted by Gasteiger charge is -2.09. The minimum atomic E-state index is -0.638. The molecule has 5 heteroatoms. The van der Waals surface area contributed by atoms with Crippen LogP contribution in [0.1, 0.15) is 13.3 Å². The van der Waals surface area contributed by atoms with E-state index in [4.69, 9.17) is 5.73 Å². The smallest absolute Gasteiger partial charge is 0.312 e.